The number of nitrogens with one attached hydrogen (secondary N) is 3. The minimum atomic E-state index is -0.183. The van der Waals surface area contributed by atoms with Gasteiger partial charge in [0.15, 0.2) is 0 Å². The second-order valence-corrected chi connectivity index (χ2v) is 5.97. The van der Waals surface area contributed by atoms with E-state index in [2.05, 4.69) is 15.5 Å². The van der Waals surface area contributed by atoms with Crippen molar-refractivity contribution in [1.82, 2.24) is 15.5 Å². The van der Waals surface area contributed by atoms with Crippen molar-refractivity contribution < 1.29 is 4.79 Å². The van der Waals surface area contributed by atoms with Crippen LogP contribution < -0.4 is 10.9 Å². The van der Waals surface area contributed by atoms with E-state index in [4.69, 9.17) is 0 Å². The molecule has 0 radical (unpaired) electrons. The van der Waals surface area contributed by atoms with Crippen LogP contribution in [0.1, 0.15) is 43.4 Å². The molecule has 2 saturated carbocycles. The number of hydrogen-bond acceptors (Lipinski definition) is 2. The first kappa shape index (κ1) is 12.5. The van der Waals surface area contributed by atoms with Gasteiger partial charge in [-0.25, -0.2) is 0 Å². The molecule has 2 aliphatic carbocycles. The summed E-state index contributed by atoms with van der Waals surface area (Å²) in [5.41, 5.74) is 1.13. The highest BCUT2D eigenvalue weighted by atomic mass is 16.2. The van der Waals surface area contributed by atoms with Crippen molar-refractivity contribution in [2.75, 3.05) is 0 Å². The van der Waals surface area contributed by atoms with Gasteiger partial charge in [0.2, 0.25) is 5.91 Å². The van der Waals surface area contributed by atoms with Gasteiger partial charge in [-0.2, -0.15) is 0 Å². The van der Waals surface area contributed by atoms with Crippen LogP contribution in [0.15, 0.2) is 4.79 Å². The maximum Gasteiger partial charge on any atom is 0.267 e. The number of carbonyl (C=O) groups is 1. The smallest absolute Gasteiger partial charge is 0.267 e. The van der Waals surface area contributed by atoms with Gasteiger partial charge >= 0.3 is 0 Å². The predicted molar refractivity (Wildman–Crippen MR) is 71.9 cm³/mol. The lowest BCUT2D eigenvalue weighted by molar-refractivity contribution is -0.121. The zero-order valence-corrected chi connectivity index (χ0v) is 11.3. The van der Waals surface area contributed by atoms with Gasteiger partial charge in [-0.15, -0.1) is 0 Å². The van der Waals surface area contributed by atoms with Crippen LogP contribution in [0, 0.1) is 18.8 Å². The molecule has 1 heterocycles. The van der Waals surface area contributed by atoms with E-state index in [1.54, 1.807) is 0 Å². The number of H-pyrrole nitrogens is 2. The Morgan fingerprint density at radius 3 is 2.84 bits per heavy atom. The first-order valence-corrected chi connectivity index (χ1v) is 7.20. The normalized spacial score (nSPS) is 29.4. The van der Waals surface area contributed by atoms with Crippen LogP contribution in [-0.2, 0) is 11.2 Å². The van der Waals surface area contributed by atoms with Crippen molar-refractivity contribution in [3.05, 3.63) is 21.6 Å². The van der Waals surface area contributed by atoms with Crippen LogP contribution in [0.5, 0.6) is 0 Å². The maximum absolute atomic E-state index is 12.1. The molecule has 104 valence electrons. The number of aromatic nitrogens is 2. The molecular formula is C14H21N3O2. The topological polar surface area (TPSA) is 77.8 Å². The molecule has 0 unspecified atom stereocenters. The fourth-order valence-electron chi connectivity index (χ4n) is 3.84. The van der Waals surface area contributed by atoms with E-state index in [0.717, 1.165) is 18.0 Å². The third-order valence-electron chi connectivity index (χ3n) is 4.86. The molecule has 0 saturated heterocycles. The molecule has 0 aromatic carbocycles. The monoisotopic (exact) mass is 263 g/mol. The highest BCUT2D eigenvalue weighted by molar-refractivity contribution is 5.79. The van der Waals surface area contributed by atoms with Gasteiger partial charge in [0.05, 0.1) is 6.42 Å². The Bertz CT molecular complexity index is 531. The van der Waals surface area contributed by atoms with Gasteiger partial charge in [0.25, 0.3) is 5.56 Å². The van der Waals surface area contributed by atoms with Crippen LogP contribution in [0.25, 0.3) is 0 Å². The summed E-state index contributed by atoms with van der Waals surface area (Å²) in [4.78, 5) is 23.6. The Balaban J connectivity index is 1.61. The van der Waals surface area contributed by atoms with Crippen LogP contribution in [-0.4, -0.2) is 22.1 Å². The second-order valence-electron chi connectivity index (χ2n) is 5.97. The van der Waals surface area contributed by atoms with E-state index >= 15 is 0 Å². The lowest BCUT2D eigenvalue weighted by atomic mass is 9.97. The van der Waals surface area contributed by atoms with E-state index in [9.17, 15) is 9.59 Å². The molecule has 5 nitrogen and oxygen atoms in total. The van der Waals surface area contributed by atoms with Crippen molar-refractivity contribution in [2.45, 2.75) is 51.5 Å². The van der Waals surface area contributed by atoms with Gasteiger partial charge in [0, 0.05) is 17.3 Å². The van der Waals surface area contributed by atoms with Crippen molar-refractivity contribution in [1.29, 1.82) is 0 Å². The number of fused-ring (bicyclic) bond motifs is 1. The predicted octanol–water partition coefficient (Wildman–Crippen LogP) is 1.25. The average molecular weight is 263 g/mol. The summed E-state index contributed by atoms with van der Waals surface area (Å²) < 4.78 is 0. The summed E-state index contributed by atoms with van der Waals surface area (Å²) in [7, 11) is 0. The number of aryl methyl sites for hydroxylation is 1. The minimum Gasteiger partial charge on any atom is -0.353 e. The third kappa shape index (κ3) is 2.33. The summed E-state index contributed by atoms with van der Waals surface area (Å²) >= 11 is 0. The van der Waals surface area contributed by atoms with E-state index in [-0.39, 0.29) is 17.9 Å². The van der Waals surface area contributed by atoms with Gasteiger partial charge < -0.3 is 10.4 Å². The van der Waals surface area contributed by atoms with Crippen molar-refractivity contribution in [3.63, 3.8) is 0 Å². The van der Waals surface area contributed by atoms with Crippen molar-refractivity contribution in [3.8, 4) is 0 Å². The van der Waals surface area contributed by atoms with Crippen LogP contribution in [0.4, 0.5) is 0 Å². The van der Waals surface area contributed by atoms with Crippen LogP contribution >= 0.6 is 0 Å². The van der Waals surface area contributed by atoms with E-state index in [0.29, 0.717) is 17.5 Å². The molecule has 1 amide bonds. The Morgan fingerprint density at radius 1 is 1.26 bits per heavy atom. The molecule has 2 aliphatic rings. The van der Waals surface area contributed by atoms with E-state index < -0.39 is 0 Å². The fourth-order valence-corrected chi connectivity index (χ4v) is 3.84. The van der Waals surface area contributed by atoms with E-state index in [1.165, 1.54) is 25.7 Å². The lowest BCUT2D eigenvalue weighted by Crippen LogP contribution is -2.39. The molecule has 0 spiro atoms. The maximum atomic E-state index is 12.1. The van der Waals surface area contributed by atoms with Crippen LogP contribution in [0.2, 0.25) is 0 Å². The molecule has 0 aliphatic heterocycles. The van der Waals surface area contributed by atoms with Crippen molar-refractivity contribution >= 4 is 5.91 Å². The molecule has 3 rings (SSSR count). The summed E-state index contributed by atoms with van der Waals surface area (Å²) in [5.74, 6) is 1.48. The number of aromatic amines is 2. The Kier molecular flexibility index (Phi) is 3.21. The Hall–Kier alpha value is -1.52. The number of rotatable bonds is 3. The average Bonchev–Trinajstić information content (AvgIpc) is 3.03. The molecule has 3 atom stereocenters. The Morgan fingerprint density at radius 2 is 2.11 bits per heavy atom. The molecule has 5 heteroatoms. The van der Waals surface area contributed by atoms with E-state index in [1.807, 2.05) is 6.92 Å². The summed E-state index contributed by atoms with van der Waals surface area (Å²) in [6, 6.07) is 0.332. The number of hydrogen-bond donors (Lipinski definition) is 3. The molecule has 2 fully saturated rings. The third-order valence-corrected chi connectivity index (χ3v) is 4.86. The second kappa shape index (κ2) is 4.87. The summed E-state index contributed by atoms with van der Waals surface area (Å²) in [5, 5.41) is 8.41. The molecule has 0 bridgehead atoms. The SMILES string of the molecule is Cc1[nH][nH]c(=O)c1CC(=O)N[C@H]1CC[C@@H]2CCC[C@@H]21. The minimum absolute atomic E-state index is 0.0225. The quantitative estimate of drug-likeness (QED) is 0.767. The first-order valence-electron chi connectivity index (χ1n) is 7.20. The first-order chi connectivity index (χ1) is 9.15. The molecule has 1 aromatic heterocycles. The highest BCUT2D eigenvalue weighted by Gasteiger charge is 2.39. The summed E-state index contributed by atoms with van der Waals surface area (Å²) in [6.07, 6.45) is 6.41. The van der Waals surface area contributed by atoms with Crippen LogP contribution in [0.3, 0.4) is 0 Å². The van der Waals surface area contributed by atoms with Crippen molar-refractivity contribution in [2.24, 2.45) is 11.8 Å². The zero-order chi connectivity index (χ0) is 13.4. The molecular weight excluding hydrogens is 242 g/mol. The van der Waals surface area contributed by atoms with Gasteiger partial charge in [0.1, 0.15) is 0 Å². The molecule has 3 N–H and O–H groups in total. The summed E-state index contributed by atoms with van der Waals surface area (Å²) in [6.45, 7) is 1.81. The number of carbonyl (C=O) groups excluding carboxylic acids is 1. The van der Waals surface area contributed by atoms with Gasteiger partial charge in [-0.05, 0) is 38.0 Å². The van der Waals surface area contributed by atoms with Gasteiger partial charge in [-0.3, -0.25) is 14.7 Å². The highest BCUT2D eigenvalue weighted by Crippen LogP contribution is 2.43. The lowest BCUT2D eigenvalue weighted by Gasteiger charge is -2.19. The largest absolute Gasteiger partial charge is 0.353 e. The molecule has 1 aromatic rings. The number of amides is 1. The Labute approximate surface area is 112 Å². The van der Waals surface area contributed by atoms with Gasteiger partial charge in [-0.1, -0.05) is 12.8 Å². The fraction of sp³-hybridized carbons (Fsp3) is 0.714. The standard InChI is InChI=1S/C14H21N3O2/c1-8-11(14(19)17-16-8)7-13(18)15-12-6-5-9-3-2-4-10(9)12/h9-10,12H,2-7H2,1H3,(H,15,18)(H2,16,17,19)/t9-,10-,12-/m0/s1. The molecule has 19 heavy (non-hydrogen) atoms. The zero-order valence-electron chi connectivity index (χ0n) is 11.3.